The molecule has 0 bridgehead atoms. The van der Waals surface area contributed by atoms with Crippen molar-refractivity contribution in [2.75, 3.05) is 5.75 Å². The highest BCUT2D eigenvalue weighted by Gasteiger charge is 2.03. The summed E-state index contributed by atoms with van der Waals surface area (Å²) in [6.07, 6.45) is 3.17. The van der Waals surface area contributed by atoms with Crippen LogP contribution in [0.5, 0.6) is 0 Å². The predicted molar refractivity (Wildman–Crippen MR) is 46.2 cm³/mol. The molecule has 2 unspecified atom stereocenters. The topological polar surface area (TPSA) is 17.1 Å². The Morgan fingerprint density at radius 3 is 2.56 bits per heavy atom. The van der Waals surface area contributed by atoms with Crippen LogP contribution >= 0.6 is 12.6 Å². The van der Waals surface area contributed by atoms with Gasteiger partial charge in [0.2, 0.25) is 0 Å². The zero-order valence-corrected chi connectivity index (χ0v) is 6.83. The Labute approximate surface area is 63.7 Å². The minimum absolute atomic E-state index is 0.219. The van der Waals surface area contributed by atoms with Gasteiger partial charge in [-0.15, -0.1) is 13.2 Å². The Morgan fingerprint density at radius 1 is 1.67 bits per heavy atom. The smallest absolute Gasteiger partial charge is 0.0953 e. The van der Waals surface area contributed by atoms with Gasteiger partial charge in [0, 0.05) is 16.6 Å². The van der Waals surface area contributed by atoms with Crippen LogP contribution in [0.2, 0.25) is 0 Å². The second kappa shape index (κ2) is 4.82. The summed E-state index contributed by atoms with van der Waals surface area (Å²) in [5.41, 5.74) is 0. The maximum Gasteiger partial charge on any atom is 0.0953 e. The summed E-state index contributed by atoms with van der Waals surface area (Å²) in [6, 6.07) is 0. The van der Waals surface area contributed by atoms with Crippen LogP contribution in [0.25, 0.3) is 0 Å². The fraction of sp³-hybridized carbons (Fsp3) is 0.333. The molecule has 0 radical (unpaired) electrons. The van der Waals surface area contributed by atoms with Gasteiger partial charge >= 0.3 is 0 Å². The molecule has 3 heteroatoms. The molecule has 0 aromatic heterocycles. The van der Waals surface area contributed by atoms with Crippen molar-refractivity contribution < 1.29 is 4.21 Å². The Bertz CT molecular complexity index is 131. The number of thiol groups is 1. The van der Waals surface area contributed by atoms with E-state index in [1.807, 2.05) is 0 Å². The van der Waals surface area contributed by atoms with Crippen molar-refractivity contribution in [2.24, 2.45) is 0 Å². The minimum Gasteiger partial charge on any atom is -0.258 e. The van der Waals surface area contributed by atoms with Gasteiger partial charge in [0.05, 0.1) is 4.58 Å². The van der Waals surface area contributed by atoms with Gasteiger partial charge in [-0.3, -0.25) is 4.21 Å². The molecule has 0 saturated heterocycles. The number of hydrogen-bond donors (Lipinski definition) is 1. The molecule has 0 N–H and O–H groups in total. The van der Waals surface area contributed by atoms with Gasteiger partial charge in [-0.25, -0.2) is 0 Å². The van der Waals surface area contributed by atoms with E-state index >= 15 is 0 Å². The van der Waals surface area contributed by atoms with Crippen LogP contribution < -0.4 is 0 Å². The zero-order chi connectivity index (χ0) is 7.28. The first-order valence-electron chi connectivity index (χ1n) is 2.51. The average Bonchev–Trinajstić information content (AvgIpc) is 1.87. The molecule has 0 aromatic carbocycles. The highest BCUT2D eigenvalue weighted by molar-refractivity contribution is 8.01. The Balaban J connectivity index is 3.71. The minimum atomic E-state index is -0.937. The second-order valence-corrected chi connectivity index (χ2v) is 3.97. The van der Waals surface area contributed by atoms with E-state index in [9.17, 15) is 4.21 Å². The van der Waals surface area contributed by atoms with Crippen molar-refractivity contribution in [1.29, 1.82) is 0 Å². The maximum absolute atomic E-state index is 10.9. The lowest BCUT2D eigenvalue weighted by Gasteiger charge is -2.00. The third kappa shape index (κ3) is 3.54. The second-order valence-electron chi connectivity index (χ2n) is 1.46. The summed E-state index contributed by atoms with van der Waals surface area (Å²) < 4.78 is 10.6. The third-order valence-corrected chi connectivity index (χ3v) is 2.96. The number of hydrogen-bond acceptors (Lipinski definition) is 2. The summed E-state index contributed by atoms with van der Waals surface area (Å²) >= 11 is 3.99. The van der Waals surface area contributed by atoms with Crippen molar-refractivity contribution in [1.82, 2.24) is 0 Å². The van der Waals surface area contributed by atoms with Gasteiger partial charge in [-0.2, -0.15) is 12.6 Å². The standard InChI is InChI=1S/C6H10OS2/c1-3-5-9(7)6(8)4-2/h3-4,6,8H,1-2,5H2. The quantitative estimate of drug-likeness (QED) is 0.488. The summed E-state index contributed by atoms with van der Waals surface area (Å²) in [5.74, 6) is 0.486. The fourth-order valence-electron chi connectivity index (χ4n) is 0.322. The van der Waals surface area contributed by atoms with Crippen molar-refractivity contribution in [3.05, 3.63) is 25.3 Å². The molecule has 52 valence electrons. The molecule has 0 aromatic rings. The molecule has 0 spiro atoms. The van der Waals surface area contributed by atoms with E-state index in [4.69, 9.17) is 0 Å². The molecule has 0 aliphatic rings. The fourth-order valence-corrected chi connectivity index (χ4v) is 1.22. The van der Waals surface area contributed by atoms with Gasteiger partial charge in [0.25, 0.3) is 0 Å². The molecule has 0 saturated carbocycles. The van der Waals surface area contributed by atoms with Crippen LogP contribution in [-0.2, 0) is 10.8 Å². The lowest BCUT2D eigenvalue weighted by atomic mass is 10.7. The molecule has 0 fully saturated rings. The van der Waals surface area contributed by atoms with E-state index in [2.05, 4.69) is 25.8 Å². The van der Waals surface area contributed by atoms with E-state index in [0.29, 0.717) is 5.75 Å². The lowest BCUT2D eigenvalue weighted by Crippen LogP contribution is -2.06. The molecule has 9 heavy (non-hydrogen) atoms. The van der Waals surface area contributed by atoms with Crippen molar-refractivity contribution in [3.8, 4) is 0 Å². The molecular formula is C6H10OS2. The molecular weight excluding hydrogens is 152 g/mol. The summed E-state index contributed by atoms with van der Waals surface area (Å²) in [7, 11) is -0.937. The van der Waals surface area contributed by atoms with Crippen LogP contribution in [0.15, 0.2) is 25.3 Å². The first kappa shape index (κ1) is 8.98. The monoisotopic (exact) mass is 162 g/mol. The van der Waals surface area contributed by atoms with Crippen LogP contribution in [-0.4, -0.2) is 14.5 Å². The maximum atomic E-state index is 10.9. The Kier molecular flexibility index (Phi) is 4.81. The van der Waals surface area contributed by atoms with Crippen molar-refractivity contribution in [2.45, 2.75) is 4.58 Å². The van der Waals surface area contributed by atoms with Crippen LogP contribution in [0.3, 0.4) is 0 Å². The van der Waals surface area contributed by atoms with E-state index in [-0.39, 0.29) is 4.58 Å². The largest absolute Gasteiger partial charge is 0.258 e. The first-order valence-corrected chi connectivity index (χ1v) is 4.41. The van der Waals surface area contributed by atoms with Crippen LogP contribution in [0.4, 0.5) is 0 Å². The number of rotatable bonds is 4. The highest BCUT2D eigenvalue weighted by atomic mass is 32.2. The molecule has 1 nitrogen and oxygen atoms in total. The van der Waals surface area contributed by atoms with Crippen molar-refractivity contribution in [3.63, 3.8) is 0 Å². The van der Waals surface area contributed by atoms with Gasteiger partial charge in [-0.05, 0) is 0 Å². The average molecular weight is 162 g/mol. The van der Waals surface area contributed by atoms with Gasteiger partial charge in [-0.1, -0.05) is 12.2 Å². The van der Waals surface area contributed by atoms with Gasteiger partial charge in [0.15, 0.2) is 0 Å². The first-order chi connectivity index (χ1) is 4.22. The Hall–Kier alpha value is -0.0200. The molecule has 0 heterocycles. The van der Waals surface area contributed by atoms with Crippen LogP contribution in [0.1, 0.15) is 0 Å². The highest BCUT2D eigenvalue weighted by Crippen LogP contribution is 2.02. The summed E-state index contributed by atoms with van der Waals surface area (Å²) in [4.78, 5) is 0. The molecule has 0 amide bonds. The summed E-state index contributed by atoms with van der Waals surface area (Å²) in [5, 5.41) is 0. The van der Waals surface area contributed by atoms with E-state index in [0.717, 1.165) is 0 Å². The lowest BCUT2D eigenvalue weighted by molar-refractivity contribution is 0.686. The van der Waals surface area contributed by atoms with E-state index in [1.165, 1.54) is 0 Å². The normalized spacial score (nSPS) is 16.1. The van der Waals surface area contributed by atoms with Gasteiger partial charge < -0.3 is 0 Å². The summed E-state index contributed by atoms with van der Waals surface area (Å²) in [6.45, 7) is 6.92. The van der Waals surface area contributed by atoms with Gasteiger partial charge in [0.1, 0.15) is 0 Å². The molecule has 0 aliphatic carbocycles. The van der Waals surface area contributed by atoms with E-state index in [1.54, 1.807) is 12.2 Å². The molecule has 0 rings (SSSR count). The zero-order valence-electron chi connectivity index (χ0n) is 5.12. The molecule has 0 aliphatic heterocycles. The SMILES string of the molecule is C=CCS(=O)C(S)C=C. The Morgan fingerprint density at radius 2 is 2.22 bits per heavy atom. The van der Waals surface area contributed by atoms with E-state index < -0.39 is 10.8 Å². The van der Waals surface area contributed by atoms with Crippen LogP contribution in [0, 0.1) is 0 Å². The molecule has 2 atom stereocenters. The predicted octanol–water partition coefficient (Wildman–Crippen LogP) is 1.36. The third-order valence-electron chi connectivity index (χ3n) is 0.753. The van der Waals surface area contributed by atoms with Crippen molar-refractivity contribution >= 4 is 23.4 Å².